The lowest BCUT2D eigenvalue weighted by atomic mass is 10.1. The molecule has 41 heavy (non-hydrogen) atoms. The van der Waals surface area contributed by atoms with Crippen LogP contribution in [0.4, 0.5) is 0 Å². The van der Waals surface area contributed by atoms with Crippen molar-refractivity contribution in [3.05, 3.63) is 119 Å². The molecule has 9 nitrogen and oxygen atoms in total. The Bertz CT molecular complexity index is 1440. The number of carboxylic acids is 1. The summed E-state index contributed by atoms with van der Waals surface area (Å²) in [5.41, 5.74) is 9.00. The lowest BCUT2D eigenvalue weighted by Crippen LogP contribution is -2.14. The van der Waals surface area contributed by atoms with Gasteiger partial charge in [-0.2, -0.15) is 0 Å². The maximum Gasteiger partial charge on any atom is 0.358 e. The lowest BCUT2D eigenvalue weighted by Gasteiger charge is -2.11. The Morgan fingerprint density at radius 2 is 1.17 bits per heavy atom. The van der Waals surface area contributed by atoms with Gasteiger partial charge < -0.3 is 20.3 Å². The van der Waals surface area contributed by atoms with Crippen LogP contribution in [0.3, 0.4) is 0 Å². The molecule has 0 saturated heterocycles. The van der Waals surface area contributed by atoms with Crippen LogP contribution in [0.1, 0.15) is 63.5 Å². The third-order valence-electron chi connectivity index (χ3n) is 5.52. The Balaban J connectivity index is 0.000000285. The number of hydrogen-bond acceptors (Lipinski definition) is 7. The first-order valence-corrected chi connectivity index (χ1v) is 12.5. The monoisotopic (exact) mass is 557 g/mol. The van der Waals surface area contributed by atoms with E-state index in [2.05, 4.69) is 9.97 Å². The van der Waals surface area contributed by atoms with Gasteiger partial charge in [0.25, 0.3) is 0 Å². The topological polar surface area (TPSA) is 142 Å². The number of nitrogens with two attached hydrogens (primary N) is 1. The molecule has 9 heteroatoms. The third kappa shape index (κ3) is 10.6. The fraction of sp³-hybridized carbons (Fsp3) is 0.219. The summed E-state index contributed by atoms with van der Waals surface area (Å²) >= 11 is 0. The number of nitrogens with zero attached hydrogens (tertiary/aromatic N) is 2. The van der Waals surface area contributed by atoms with Crippen LogP contribution in [0.2, 0.25) is 0 Å². The summed E-state index contributed by atoms with van der Waals surface area (Å²) in [6, 6.07) is 22.7. The molecule has 0 atom stereocenters. The Morgan fingerprint density at radius 1 is 0.732 bits per heavy atom. The number of ketones is 1. The quantitative estimate of drug-likeness (QED) is 0.223. The van der Waals surface area contributed by atoms with E-state index in [0.717, 1.165) is 22.3 Å². The average Bonchev–Trinajstić information content (AvgIpc) is 2.95. The molecule has 0 aliphatic heterocycles. The van der Waals surface area contributed by atoms with E-state index in [0.29, 0.717) is 24.7 Å². The number of carbonyl (C=O) groups excluding carboxylic acids is 2. The van der Waals surface area contributed by atoms with Gasteiger partial charge in [0.1, 0.15) is 24.7 Å². The highest BCUT2D eigenvalue weighted by Gasteiger charge is 2.16. The normalized spacial score (nSPS) is 9.90. The summed E-state index contributed by atoms with van der Waals surface area (Å²) in [6.07, 6.45) is 3.16. The predicted molar refractivity (Wildman–Crippen MR) is 156 cm³/mol. The highest BCUT2D eigenvalue weighted by Crippen LogP contribution is 2.22. The van der Waals surface area contributed by atoms with E-state index < -0.39 is 11.9 Å². The van der Waals surface area contributed by atoms with Gasteiger partial charge in [0.15, 0.2) is 17.2 Å². The highest BCUT2D eigenvalue weighted by atomic mass is 16.5. The van der Waals surface area contributed by atoms with Crippen LogP contribution in [0.5, 0.6) is 11.5 Å². The molecule has 3 N–H and O–H groups in total. The molecule has 0 bridgehead atoms. The van der Waals surface area contributed by atoms with Gasteiger partial charge in [0.05, 0.1) is 0 Å². The van der Waals surface area contributed by atoms with Crippen molar-refractivity contribution in [2.45, 2.75) is 47.3 Å². The van der Waals surface area contributed by atoms with Gasteiger partial charge in [-0.25, -0.2) is 14.8 Å². The molecule has 2 aromatic carbocycles. The molecule has 0 unspecified atom stereocenters. The van der Waals surface area contributed by atoms with E-state index in [1.54, 1.807) is 18.3 Å². The van der Waals surface area contributed by atoms with Gasteiger partial charge in [0.2, 0.25) is 5.91 Å². The largest absolute Gasteiger partial charge is 0.486 e. The number of carbonyl (C=O) groups is 3. The minimum Gasteiger partial charge on any atom is -0.486 e. The van der Waals surface area contributed by atoms with Crippen molar-refractivity contribution >= 4 is 17.7 Å². The summed E-state index contributed by atoms with van der Waals surface area (Å²) < 4.78 is 11.3. The Hall–Kier alpha value is -5.05. The van der Waals surface area contributed by atoms with Crippen molar-refractivity contribution in [3.8, 4) is 11.5 Å². The second-order valence-corrected chi connectivity index (χ2v) is 8.96. The zero-order valence-corrected chi connectivity index (χ0v) is 22.4. The first-order chi connectivity index (χ1) is 19.2. The zero-order valence-electron chi connectivity index (χ0n) is 22.4. The summed E-state index contributed by atoms with van der Waals surface area (Å²) in [7, 11) is 0. The first kappa shape index (κ1) is 32.2. The van der Waals surface area contributed by atoms with Gasteiger partial charge in [-0.3, -0.25) is 9.59 Å². The van der Waals surface area contributed by atoms with Crippen LogP contribution < -0.4 is 15.2 Å². The van der Waals surface area contributed by atoms with Crippen LogP contribution in [0, 0.1) is 13.8 Å². The number of amides is 1. The van der Waals surface area contributed by atoms with Crippen molar-refractivity contribution in [3.63, 3.8) is 0 Å². The second kappa shape index (κ2) is 16.1. The number of carboxylic acid groups (broad SMARTS) is 1. The smallest absolute Gasteiger partial charge is 0.358 e. The third-order valence-corrected chi connectivity index (χ3v) is 5.52. The molecule has 0 spiro atoms. The van der Waals surface area contributed by atoms with Gasteiger partial charge in [-0.1, -0.05) is 68.1 Å². The van der Waals surface area contributed by atoms with Crippen molar-refractivity contribution < 1.29 is 29.0 Å². The first-order valence-electron chi connectivity index (χ1n) is 12.5. The molecule has 1 amide bonds. The minimum absolute atomic E-state index is 0. The Morgan fingerprint density at radius 3 is 1.61 bits per heavy atom. The number of hydrogen-bond donors (Lipinski definition) is 2. The van der Waals surface area contributed by atoms with Crippen molar-refractivity contribution in [2.24, 2.45) is 5.73 Å². The molecule has 4 aromatic rings. The molecule has 0 radical (unpaired) electrons. The summed E-state index contributed by atoms with van der Waals surface area (Å²) in [5, 5.41) is 9.01. The average molecular weight is 558 g/mol. The van der Waals surface area contributed by atoms with Crippen LogP contribution in [0.25, 0.3) is 0 Å². The number of rotatable bonds is 11. The van der Waals surface area contributed by atoms with Crippen LogP contribution in [-0.2, 0) is 18.0 Å². The second-order valence-electron chi connectivity index (χ2n) is 8.96. The SMILES string of the molecule is C.Cc1cnc(C(=O)CCC(N)=O)c(OCc2ccccc2)c1.Cc1cnc(C(=O)O)c(OCc2ccccc2)c1. The molecule has 0 aliphatic carbocycles. The number of primary amides is 1. The van der Waals surface area contributed by atoms with Gasteiger partial charge in [-0.15, -0.1) is 0 Å². The predicted octanol–water partition coefficient (Wildman–Crippen LogP) is 5.72. The van der Waals surface area contributed by atoms with E-state index >= 15 is 0 Å². The van der Waals surface area contributed by atoms with E-state index in [1.165, 1.54) is 6.20 Å². The summed E-state index contributed by atoms with van der Waals surface area (Å²) in [5.74, 6) is -1.11. The molecule has 4 rings (SSSR count). The number of aryl methyl sites for hydroxylation is 2. The van der Waals surface area contributed by atoms with Crippen LogP contribution >= 0.6 is 0 Å². The standard InChI is InChI=1S/C17H18N2O3.C14H13NO3.CH4/c1-12-9-15(22-11-13-5-3-2-4-6-13)17(19-10-12)14(20)7-8-16(18)21;1-10-7-12(13(14(16)17)15-8-10)18-9-11-5-3-2-4-6-11;/h2-6,9-10H,7-8,11H2,1H3,(H2,18,21);2-8H,9H2,1H3,(H,16,17);1H4. The number of ether oxygens (including phenoxy) is 2. The molecule has 2 heterocycles. The summed E-state index contributed by atoms with van der Waals surface area (Å²) in [6.45, 7) is 4.39. The zero-order chi connectivity index (χ0) is 28.9. The molecule has 0 aliphatic rings. The Labute approximate surface area is 240 Å². The molecule has 0 fully saturated rings. The molecular formula is C32H35N3O6. The van der Waals surface area contributed by atoms with Crippen molar-refractivity contribution in [1.29, 1.82) is 0 Å². The molecular weight excluding hydrogens is 522 g/mol. The van der Waals surface area contributed by atoms with Crippen LogP contribution in [-0.4, -0.2) is 32.7 Å². The van der Waals surface area contributed by atoms with E-state index in [1.807, 2.05) is 74.5 Å². The Kier molecular flexibility index (Phi) is 12.7. The minimum atomic E-state index is -1.09. The number of aromatic carboxylic acids is 1. The fourth-order valence-electron chi connectivity index (χ4n) is 3.50. The van der Waals surface area contributed by atoms with Crippen molar-refractivity contribution in [2.75, 3.05) is 0 Å². The van der Waals surface area contributed by atoms with Gasteiger partial charge in [-0.05, 0) is 48.2 Å². The number of Topliss-reactive ketones (excluding diaryl/α,β-unsaturated/α-hetero) is 1. The maximum absolute atomic E-state index is 12.1. The number of pyridine rings is 2. The fourth-order valence-corrected chi connectivity index (χ4v) is 3.50. The molecule has 0 saturated carbocycles. The van der Waals surface area contributed by atoms with E-state index in [9.17, 15) is 14.4 Å². The molecule has 214 valence electrons. The maximum atomic E-state index is 12.1. The highest BCUT2D eigenvalue weighted by molar-refractivity contribution is 5.98. The summed E-state index contributed by atoms with van der Waals surface area (Å²) in [4.78, 5) is 42.0. The lowest BCUT2D eigenvalue weighted by molar-refractivity contribution is -0.118. The van der Waals surface area contributed by atoms with Gasteiger partial charge >= 0.3 is 5.97 Å². The molecule has 2 aromatic heterocycles. The van der Waals surface area contributed by atoms with Gasteiger partial charge in [0, 0.05) is 25.2 Å². The van der Waals surface area contributed by atoms with E-state index in [-0.39, 0.29) is 37.4 Å². The van der Waals surface area contributed by atoms with Crippen molar-refractivity contribution in [1.82, 2.24) is 9.97 Å². The van der Waals surface area contributed by atoms with E-state index in [4.69, 9.17) is 20.3 Å². The van der Waals surface area contributed by atoms with Crippen LogP contribution in [0.15, 0.2) is 85.2 Å². The number of aromatic nitrogens is 2. The number of benzene rings is 2.